The van der Waals surface area contributed by atoms with Crippen molar-refractivity contribution in [1.29, 1.82) is 0 Å². The Morgan fingerprint density at radius 1 is 1.53 bits per heavy atom. The second-order valence-electron chi connectivity index (χ2n) is 3.93. The monoisotopic (exact) mass is 280 g/mol. The molecule has 0 spiro atoms. The largest absolute Gasteiger partial charge is 0.368 e. The van der Waals surface area contributed by atoms with Gasteiger partial charge in [0.25, 0.3) is 0 Å². The molecule has 4 N–H and O–H groups in total. The number of aromatic nitrogens is 4. The van der Waals surface area contributed by atoms with E-state index in [0.717, 1.165) is 22.8 Å². The van der Waals surface area contributed by atoms with E-state index >= 15 is 0 Å². The van der Waals surface area contributed by atoms with Crippen molar-refractivity contribution in [2.45, 2.75) is 24.4 Å². The summed E-state index contributed by atoms with van der Waals surface area (Å²) in [5.74, 6) is 0.419. The number of thioether (sulfide) groups is 1. The number of carbonyl (C=O) groups excluding carboxylic acids is 1. The fourth-order valence-electron chi connectivity index (χ4n) is 1.72. The summed E-state index contributed by atoms with van der Waals surface area (Å²) in [5.41, 5.74) is 6.80. The third-order valence-electron chi connectivity index (χ3n) is 2.63. The smallest absolute Gasteiger partial charge is 0.234 e. The number of imidazole rings is 1. The number of amides is 1. The maximum Gasteiger partial charge on any atom is 0.234 e. The van der Waals surface area contributed by atoms with Crippen LogP contribution in [0.1, 0.15) is 13.3 Å². The first-order chi connectivity index (χ1) is 9.22. The first kappa shape index (κ1) is 13.8. The molecule has 0 saturated heterocycles. The van der Waals surface area contributed by atoms with Gasteiger partial charge in [0.1, 0.15) is 16.9 Å². The zero-order chi connectivity index (χ0) is 13.7. The number of primary amides is 1. The average Bonchev–Trinajstić information content (AvgIpc) is 2.86. The van der Waals surface area contributed by atoms with Crippen LogP contribution in [0.2, 0.25) is 0 Å². The normalized spacial score (nSPS) is 12.7. The Morgan fingerprint density at radius 2 is 2.37 bits per heavy atom. The van der Waals surface area contributed by atoms with Crippen molar-refractivity contribution >= 4 is 28.8 Å². The van der Waals surface area contributed by atoms with Crippen LogP contribution in [0.5, 0.6) is 0 Å². The molecule has 2 rings (SSSR count). The molecular formula is C11H16N6OS. The number of likely N-dealkylation sites (N-methyl/N-ethyl adjacent to an activating group) is 1. The Bertz CT molecular complexity index is 557. The maximum atomic E-state index is 11.2. The van der Waals surface area contributed by atoms with Crippen LogP contribution in [0.4, 0.5) is 0 Å². The Morgan fingerprint density at radius 3 is 3.11 bits per heavy atom. The van der Waals surface area contributed by atoms with Crippen molar-refractivity contribution in [2.75, 3.05) is 12.3 Å². The number of aromatic amines is 1. The molecule has 2 aromatic heterocycles. The number of hydrogen-bond donors (Lipinski definition) is 3. The van der Waals surface area contributed by atoms with Crippen molar-refractivity contribution in [1.82, 2.24) is 25.3 Å². The molecule has 0 aliphatic heterocycles. The molecule has 0 aliphatic carbocycles. The van der Waals surface area contributed by atoms with Crippen LogP contribution in [-0.4, -0.2) is 44.2 Å². The third-order valence-corrected chi connectivity index (χ3v) is 3.65. The molecule has 0 saturated carbocycles. The average molecular weight is 280 g/mol. The summed E-state index contributed by atoms with van der Waals surface area (Å²) in [6.07, 6.45) is 3.74. The Labute approximate surface area is 114 Å². The first-order valence-electron chi connectivity index (χ1n) is 6.02. The van der Waals surface area contributed by atoms with E-state index in [0.29, 0.717) is 12.1 Å². The highest BCUT2D eigenvalue weighted by Gasteiger charge is 2.14. The van der Waals surface area contributed by atoms with Gasteiger partial charge >= 0.3 is 0 Å². The zero-order valence-corrected chi connectivity index (χ0v) is 11.4. The summed E-state index contributed by atoms with van der Waals surface area (Å²) >= 11 is 1.56. The van der Waals surface area contributed by atoms with Crippen LogP contribution in [0.3, 0.4) is 0 Å². The predicted octanol–water partition coefficient (Wildman–Crippen LogP) is 0.298. The Hall–Kier alpha value is -1.67. The van der Waals surface area contributed by atoms with E-state index in [2.05, 4.69) is 25.3 Å². The van der Waals surface area contributed by atoms with Crippen molar-refractivity contribution in [2.24, 2.45) is 5.73 Å². The van der Waals surface area contributed by atoms with Crippen LogP contribution in [0.15, 0.2) is 17.7 Å². The van der Waals surface area contributed by atoms with Gasteiger partial charge in [-0.25, -0.2) is 15.0 Å². The molecule has 19 heavy (non-hydrogen) atoms. The van der Waals surface area contributed by atoms with E-state index in [1.54, 1.807) is 18.1 Å². The molecular weight excluding hydrogens is 264 g/mol. The molecule has 0 aromatic carbocycles. The van der Waals surface area contributed by atoms with Crippen LogP contribution in [-0.2, 0) is 4.79 Å². The van der Waals surface area contributed by atoms with Gasteiger partial charge in [-0.3, -0.25) is 4.79 Å². The van der Waals surface area contributed by atoms with Gasteiger partial charge in [-0.1, -0.05) is 6.92 Å². The SMILES string of the molecule is CCNC(CCSc1ncnc2nc[nH]c12)C(N)=O. The van der Waals surface area contributed by atoms with Crippen LogP contribution >= 0.6 is 11.8 Å². The van der Waals surface area contributed by atoms with Crippen molar-refractivity contribution < 1.29 is 4.79 Å². The van der Waals surface area contributed by atoms with Gasteiger partial charge in [-0.05, 0) is 13.0 Å². The van der Waals surface area contributed by atoms with Gasteiger partial charge < -0.3 is 16.0 Å². The second kappa shape index (κ2) is 6.48. The van der Waals surface area contributed by atoms with Crippen molar-refractivity contribution in [3.8, 4) is 0 Å². The van der Waals surface area contributed by atoms with Crippen molar-refractivity contribution in [3.05, 3.63) is 12.7 Å². The van der Waals surface area contributed by atoms with E-state index in [4.69, 9.17) is 5.73 Å². The van der Waals surface area contributed by atoms with Gasteiger partial charge in [0.05, 0.1) is 12.4 Å². The first-order valence-corrected chi connectivity index (χ1v) is 7.00. The quantitative estimate of drug-likeness (QED) is 0.497. The lowest BCUT2D eigenvalue weighted by Crippen LogP contribution is -2.41. The van der Waals surface area contributed by atoms with Crippen LogP contribution < -0.4 is 11.1 Å². The van der Waals surface area contributed by atoms with Gasteiger partial charge in [0.15, 0.2) is 5.65 Å². The Balaban J connectivity index is 1.95. The van der Waals surface area contributed by atoms with E-state index in [-0.39, 0.29) is 11.9 Å². The minimum Gasteiger partial charge on any atom is -0.368 e. The summed E-state index contributed by atoms with van der Waals surface area (Å²) in [4.78, 5) is 26.6. The van der Waals surface area contributed by atoms with Crippen molar-refractivity contribution in [3.63, 3.8) is 0 Å². The number of carbonyl (C=O) groups is 1. The second-order valence-corrected chi connectivity index (χ2v) is 5.01. The number of fused-ring (bicyclic) bond motifs is 1. The molecule has 8 heteroatoms. The number of nitrogens with one attached hydrogen (secondary N) is 2. The fraction of sp³-hybridized carbons (Fsp3) is 0.455. The molecule has 0 radical (unpaired) electrons. The topological polar surface area (TPSA) is 110 Å². The minimum atomic E-state index is -0.322. The lowest BCUT2D eigenvalue weighted by molar-refractivity contribution is -0.120. The van der Waals surface area contributed by atoms with Gasteiger partial charge in [0.2, 0.25) is 5.91 Å². The molecule has 2 heterocycles. The van der Waals surface area contributed by atoms with E-state index in [1.165, 1.54) is 6.33 Å². The highest BCUT2D eigenvalue weighted by Crippen LogP contribution is 2.22. The minimum absolute atomic E-state index is 0.295. The number of hydrogen-bond acceptors (Lipinski definition) is 6. The summed E-state index contributed by atoms with van der Waals surface area (Å²) < 4.78 is 0. The molecule has 1 amide bonds. The summed E-state index contributed by atoms with van der Waals surface area (Å²) in [6, 6.07) is -0.295. The molecule has 2 aromatic rings. The predicted molar refractivity (Wildman–Crippen MR) is 73.7 cm³/mol. The lowest BCUT2D eigenvalue weighted by Gasteiger charge is -2.13. The standard InChI is InChI=1S/C11H16N6OS/c1-2-13-7(9(12)18)3-4-19-11-8-10(15-5-14-8)16-6-17-11/h5-7,13H,2-4H2,1H3,(H2,12,18)(H,14,15,16,17). The van der Waals surface area contributed by atoms with Gasteiger partial charge in [-0.15, -0.1) is 11.8 Å². The Kier molecular flexibility index (Phi) is 4.69. The molecule has 7 nitrogen and oxygen atoms in total. The third kappa shape index (κ3) is 3.42. The number of nitrogens with zero attached hydrogens (tertiary/aromatic N) is 3. The summed E-state index contributed by atoms with van der Waals surface area (Å²) in [5, 5.41) is 3.90. The highest BCUT2D eigenvalue weighted by atomic mass is 32.2. The fourth-order valence-corrected chi connectivity index (χ4v) is 2.68. The number of H-pyrrole nitrogens is 1. The molecule has 1 atom stereocenters. The molecule has 0 fully saturated rings. The van der Waals surface area contributed by atoms with E-state index in [9.17, 15) is 4.79 Å². The number of nitrogens with two attached hydrogens (primary N) is 1. The number of rotatable bonds is 7. The van der Waals surface area contributed by atoms with Crippen LogP contribution in [0.25, 0.3) is 11.2 Å². The molecule has 0 bridgehead atoms. The van der Waals surface area contributed by atoms with Gasteiger partial charge in [0, 0.05) is 5.75 Å². The molecule has 0 aliphatic rings. The van der Waals surface area contributed by atoms with E-state index in [1.807, 2.05) is 6.92 Å². The highest BCUT2D eigenvalue weighted by molar-refractivity contribution is 7.99. The maximum absolute atomic E-state index is 11.2. The summed E-state index contributed by atoms with van der Waals surface area (Å²) in [7, 11) is 0. The summed E-state index contributed by atoms with van der Waals surface area (Å²) in [6.45, 7) is 2.66. The molecule has 1 unspecified atom stereocenters. The van der Waals surface area contributed by atoms with E-state index < -0.39 is 0 Å². The van der Waals surface area contributed by atoms with Crippen LogP contribution in [0, 0.1) is 0 Å². The molecule has 102 valence electrons. The zero-order valence-electron chi connectivity index (χ0n) is 10.6. The lowest BCUT2D eigenvalue weighted by atomic mass is 10.2. The van der Waals surface area contributed by atoms with Gasteiger partial charge in [-0.2, -0.15) is 0 Å².